The number of nitrogens with one attached hydrogen (secondary N) is 1. The second-order valence-electron chi connectivity index (χ2n) is 5.30. The van der Waals surface area contributed by atoms with Gasteiger partial charge in [0.25, 0.3) is 0 Å². The summed E-state index contributed by atoms with van der Waals surface area (Å²) in [4.78, 5) is 14.4. The third-order valence-corrected chi connectivity index (χ3v) is 3.91. The van der Waals surface area contributed by atoms with E-state index in [2.05, 4.69) is 29.6 Å². The van der Waals surface area contributed by atoms with Crippen LogP contribution in [0.25, 0.3) is 10.8 Å². The third-order valence-electron chi connectivity index (χ3n) is 3.91. The van der Waals surface area contributed by atoms with Gasteiger partial charge in [-0.15, -0.1) is 12.4 Å². The molecule has 3 nitrogen and oxygen atoms in total. The number of fused-ring (bicyclic) bond motifs is 1. The lowest BCUT2D eigenvalue weighted by Gasteiger charge is -2.20. The number of carbonyl (C=O) groups excluding carboxylic acids is 1. The van der Waals surface area contributed by atoms with Gasteiger partial charge in [-0.1, -0.05) is 42.5 Å². The minimum absolute atomic E-state index is 0. The number of rotatable bonds is 2. The number of benzene rings is 2. The van der Waals surface area contributed by atoms with Crippen molar-refractivity contribution in [1.82, 2.24) is 10.2 Å². The Morgan fingerprint density at radius 1 is 1.05 bits per heavy atom. The fraction of sp³-hybridized carbons (Fsp3) is 0.353. The van der Waals surface area contributed by atoms with Crippen LogP contribution in [0, 0.1) is 0 Å². The molecule has 0 aliphatic carbocycles. The summed E-state index contributed by atoms with van der Waals surface area (Å²) in [5.74, 6) is 0.241. The van der Waals surface area contributed by atoms with Gasteiger partial charge in [0.1, 0.15) is 0 Å². The van der Waals surface area contributed by atoms with Crippen molar-refractivity contribution in [1.29, 1.82) is 0 Å². The van der Waals surface area contributed by atoms with E-state index in [4.69, 9.17) is 0 Å². The summed E-state index contributed by atoms with van der Waals surface area (Å²) >= 11 is 0. The van der Waals surface area contributed by atoms with Crippen LogP contribution in [0.4, 0.5) is 0 Å². The van der Waals surface area contributed by atoms with Gasteiger partial charge in [-0.3, -0.25) is 4.79 Å². The second-order valence-corrected chi connectivity index (χ2v) is 5.30. The smallest absolute Gasteiger partial charge is 0.227 e. The summed E-state index contributed by atoms with van der Waals surface area (Å²) in [6, 6.07) is 14.5. The maximum atomic E-state index is 12.5. The lowest BCUT2D eigenvalue weighted by Crippen LogP contribution is -2.35. The van der Waals surface area contributed by atoms with Gasteiger partial charge in [0.15, 0.2) is 0 Å². The van der Waals surface area contributed by atoms with E-state index in [1.807, 2.05) is 23.1 Å². The molecule has 1 aliphatic rings. The molecule has 0 bridgehead atoms. The molecule has 3 rings (SSSR count). The first kappa shape index (κ1) is 15.8. The lowest BCUT2D eigenvalue weighted by atomic mass is 10.0. The van der Waals surface area contributed by atoms with E-state index in [1.54, 1.807) is 0 Å². The van der Waals surface area contributed by atoms with Crippen molar-refractivity contribution >= 4 is 29.1 Å². The van der Waals surface area contributed by atoms with Crippen LogP contribution >= 0.6 is 12.4 Å². The Hall–Kier alpha value is -1.58. The maximum absolute atomic E-state index is 12.5. The van der Waals surface area contributed by atoms with Gasteiger partial charge in [0.05, 0.1) is 6.42 Å². The van der Waals surface area contributed by atoms with E-state index in [1.165, 1.54) is 10.8 Å². The normalized spacial score (nSPS) is 15.3. The molecule has 1 aliphatic heterocycles. The first-order valence-corrected chi connectivity index (χ1v) is 7.30. The zero-order valence-corrected chi connectivity index (χ0v) is 12.9. The van der Waals surface area contributed by atoms with Crippen molar-refractivity contribution in [2.24, 2.45) is 0 Å². The van der Waals surface area contributed by atoms with E-state index in [0.717, 1.165) is 38.2 Å². The molecule has 21 heavy (non-hydrogen) atoms. The van der Waals surface area contributed by atoms with Crippen LogP contribution in [0.5, 0.6) is 0 Å². The molecule has 0 unspecified atom stereocenters. The molecule has 0 atom stereocenters. The highest BCUT2D eigenvalue weighted by Gasteiger charge is 2.16. The molecule has 1 heterocycles. The monoisotopic (exact) mass is 304 g/mol. The highest BCUT2D eigenvalue weighted by atomic mass is 35.5. The van der Waals surface area contributed by atoms with E-state index in [0.29, 0.717) is 6.42 Å². The molecule has 0 saturated carbocycles. The molecular formula is C17H21ClN2O. The summed E-state index contributed by atoms with van der Waals surface area (Å²) in [7, 11) is 0. The molecular weight excluding hydrogens is 284 g/mol. The maximum Gasteiger partial charge on any atom is 0.227 e. The quantitative estimate of drug-likeness (QED) is 0.925. The Bertz CT molecular complexity index is 601. The van der Waals surface area contributed by atoms with Crippen LogP contribution in [-0.2, 0) is 11.2 Å². The van der Waals surface area contributed by atoms with Gasteiger partial charge in [-0.05, 0) is 29.3 Å². The van der Waals surface area contributed by atoms with Gasteiger partial charge < -0.3 is 10.2 Å². The van der Waals surface area contributed by atoms with E-state index < -0.39 is 0 Å². The van der Waals surface area contributed by atoms with Crippen molar-refractivity contribution in [2.45, 2.75) is 12.8 Å². The van der Waals surface area contributed by atoms with E-state index in [9.17, 15) is 4.79 Å². The minimum atomic E-state index is 0. The predicted molar refractivity (Wildman–Crippen MR) is 89.0 cm³/mol. The molecule has 1 saturated heterocycles. The van der Waals surface area contributed by atoms with Crippen molar-refractivity contribution in [3.8, 4) is 0 Å². The van der Waals surface area contributed by atoms with Crippen molar-refractivity contribution < 1.29 is 4.79 Å². The Kier molecular flexibility index (Phi) is 5.59. The van der Waals surface area contributed by atoms with Gasteiger partial charge in [-0.2, -0.15) is 0 Å². The van der Waals surface area contributed by atoms with Crippen LogP contribution in [0.1, 0.15) is 12.0 Å². The number of hydrogen-bond donors (Lipinski definition) is 1. The van der Waals surface area contributed by atoms with E-state index >= 15 is 0 Å². The number of halogens is 1. The average molecular weight is 305 g/mol. The zero-order valence-electron chi connectivity index (χ0n) is 12.0. The molecule has 112 valence electrons. The van der Waals surface area contributed by atoms with Crippen molar-refractivity contribution in [3.05, 3.63) is 48.0 Å². The summed E-state index contributed by atoms with van der Waals surface area (Å²) < 4.78 is 0. The lowest BCUT2D eigenvalue weighted by molar-refractivity contribution is -0.130. The van der Waals surface area contributed by atoms with Crippen LogP contribution in [0.15, 0.2) is 42.5 Å². The zero-order chi connectivity index (χ0) is 13.8. The van der Waals surface area contributed by atoms with Gasteiger partial charge in [0.2, 0.25) is 5.91 Å². The highest BCUT2D eigenvalue weighted by Crippen LogP contribution is 2.19. The average Bonchev–Trinajstić information content (AvgIpc) is 2.77. The van der Waals surface area contributed by atoms with Crippen LogP contribution in [-0.4, -0.2) is 37.0 Å². The summed E-state index contributed by atoms with van der Waals surface area (Å²) in [5, 5.41) is 5.73. The molecule has 2 aromatic carbocycles. The predicted octanol–water partition coefficient (Wildman–Crippen LogP) is 2.63. The Morgan fingerprint density at radius 2 is 1.86 bits per heavy atom. The fourth-order valence-electron chi connectivity index (χ4n) is 2.82. The summed E-state index contributed by atoms with van der Waals surface area (Å²) in [6.07, 6.45) is 1.54. The SMILES string of the molecule is Cl.O=C(Cc1cccc2ccccc12)N1CCCNCC1. The van der Waals surface area contributed by atoms with Crippen LogP contribution in [0.3, 0.4) is 0 Å². The molecule has 0 radical (unpaired) electrons. The third kappa shape index (κ3) is 3.74. The number of nitrogens with zero attached hydrogens (tertiary/aromatic N) is 1. The highest BCUT2D eigenvalue weighted by molar-refractivity contribution is 5.90. The van der Waals surface area contributed by atoms with Gasteiger partial charge in [0, 0.05) is 19.6 Å². The number of hydrogen-bond acceptors (Lipinski definition) is 2. The topological polar surface area (TPSA) is 32.3 Å². The van der Waals surface area contributed by atoms with Crippen molar-refractivity contribution in [3.63, 3.8) is 0 Å². The molecule has 1 amide bonds. The minimum Gasteiger partial charge on any atom is -0.341 e. The van der Waals surface area contributed by atoms with E-state index in [-0.39, 0.29) is 18.3 Å². The Labute approximate surface area is 131 Å². The van der Waals surface area contributed by atoms with Crippen LogP contribution < -0.4 is 5.32 Å². The summed E-state index contributed by atoms with van der Waals surface area (Å²) in [6.45, 7) is 3.61. The molecule has 4 heteroatoms. The molecule has 2 aromatic rings. The molecule has 1 N–H and O–H groups in total. The van der Waals surface area contributed by atoms with Crippen LogP contribution in [0.2, 0.25) is 0 Å². The summed E-state index contributed by atoms with van der Waals surface area (Å²) in [5.41, 5.74) is 1.13. The number of carbonyl (C=O) groups is 1. The first-order chi connectivity index (χ1) is 9.84. The number of amides is 1. The largest absolute Gasteiger partial charge is 0.341 e. The standard InChI is InChI=1S/C17H20N2O.ClH/c20-17(19-11-4-9-18-10-12-19)13-15-7-3-6-14-5-1-2-8-16(14)15;/h1-3,5-8,18H,4,9-13H2;1H. The first-order valence-electron chi connectivity index (χ1n) is 7.30. The molecule has 0 spiro atoms. The fourth-order valence-corrected chi connectivity index (χ4v) is 2.82. The van der Waals surface area contributed by atoms with Gasteiger partial charge >= 0.3 is 0 Å². The second kappa shape index (κ2) is 7.43. The van der Waals surface area contributed by atoms with Crippen molar-refractivity contribution in [2.75, 3.05) is 26.2 Å². The Balaban J connectivity index is 0.00000161. The Morgan fingerprint density at radius 3 is 2.76 bits per heavy atom. The molecule has 1 fully saturated rings. The molecule has 0 aromatic heterocycles. The van der Waals surface area contributed by atoms with Gasteiger partial charge in [-0.25, -0.2) is 0 Å².